The highest BCUT2D eigenvalue weighted by Crippen LogP contribution is 2.26. The zero-order valence-electron chi connectivity index (χ0n) is 25.0. The van der Waals surface area contributed by atoms with Crippen molar-refractivity contribution >= 4 is 35.7 Å². The number of likely N-dealkylation sites (tertiary alicyclic amines) is 1. The Bertz CT molecular complexity index is 1500. The molecular formula is C34H37ClFN5O4. The smallest absolute Gasteiger partial charge is 0.326 e. The van der Waals surface area contributed by atoms with Gasteiger partial charge < -0.3 is 20.1 Å². The van der Waals surface area contributed by atoms with Gasteiger partial charge in [-0.3, -0.25) is 14.6 Å². The molecule has 0 spiro atoms. The van der Waals surface area contributed by atoms with Crippen LogP contribution in [0, 0.1) is 5.82 Å². The molecule has 0 radical (unpaired) electrons. The normalized spacial score (nSPS) is 13.4. The summed E-state index contributed by atoms with van der Waals surface area (Å²) < 4.78 is 24.2. The molecule has 5 rings (SSSR count). The summed E-state index contributed by atoms with van der Waals surface area (Å²) in [7, 11) is 1.59. The Morgan fingerprint density at radius 1 is 0.956 bits per heavy atom. The summed E-state index contributed by atoms with van der Waals surface area (Å²) in [5, 5.41) is 5.71. The minimum absolute atomic E-state index is 0. The van der Waals surface area contributed by atoms with E-state index < -0.39 is 0 Å². The maximum absolute atomic E-state index is 13.4. The number of carbonyl (C=O) groups excluding carboxylic acids is 2. The van der Waals surface area contributed by atoms with Gasteiger partial charge in [0.05, 0.1) is 6.61 Å². The molecule has 3 amide bonds. The zero-order chi connectivity index (χ0) is 30.7. The Hall–Kier alpha value is -4.51. The van der Waals surface area contributed by atoms with Crippen LogP contribution in [0.2, 0.25) is 0 Å². The third-order valence-electron chi connectivity index (χ3n) is 7.41. The third-order valence-corrected chi connectivity index (χ3v) is 7.41. The molecule has 0 aliphatic carbocycles. The minimum atomic E-state index is -0.348. The van der Waals surface area contributed by atoms with E-state index in [1.807, 2.05) is 53.6 Å². The van der Waals surface area contributed by atoms with Gasteiger partial charge in [-0.1, -0.05) is 24.3 Å². The van der Waals surface area contributed by atoms with Gasteiger partial charge in [0.2, 0.25) is 5.88 Å². The standard InChI is InChI=1S/C34H36FN5O4.ClH/c1-43-22-19-36-33(41)26-8-14-31(15-9-26)44-32-16-7-25(23-37-32)24-39-20-17-30(18-21-39)40(29-5-3-2-4-6-29)34(42)38-28-12-10-27(35)11-13-28;/h2-16,23,30H,17-22,24H2,1H3,(H,36,41)(H,38,42);1H. The van der Waals surface area contributed by atoms with E-state index in [0.29, 0.717) is 36.0 Å². The van der Waals surface area contributed by atoms with E-state index in [4.69, 9.17) is 9.47 Å². The molecule has 1 aliphatic rings. The van der Waals surface area contributed by atoms with E-state index in [1.165, 1.54) is 12.1 Å². The van der Waals surface area contributed by atoms with Crippen molar-refractivity contribution in [1.29, 1.82) is 0 Å². The molecule has 1 aliphatic heterocycles. The van der Waals surface area contributed by atoms with Crippen LogP contribution in [0.1, 0.15) is 28.8 Å². The average molecular weight is 634 g/mol. The summed E-state index contributed by atoms with van der Waals surface area (Å²) in [6.45, 7) is 3.28. The maximum atomic E-state index is 13.4. The van der Waals surface area contributed by atoms with E-state index in [1.54, 1.807) is 43.5 Å². The Labute approximate surface area is 268 Å². The quantitative estimate of drug-likeness (QED) is 0.183. The molecule has 0 atom stereocenters. The summed E-state index contributed by atoms with van der Waals surface area (Å²) in [5.74, 6) is 0.544. The molecule has 0 saturated carbocycles. The first-order valence-electron chi connectivity index (χ1n) is 14.6. The molecule has 45 heavy (non-hydrogen) atoms. The molecule has 0 unspecified atom stereocenters. The maximum Gasteiger partial charge on any atom is 0.326 e. The monoisotopic (exact) mass is 633 g/mol. The Balaban J connectivity index is 0.00000461. The predicted octanol–water partition coefficient (Wildman–Crippen LogP) is 6.51. The fourth-order valence-electron chi connectivity index (χ4n) is 5.12. The van der Waals surface area contributed by atoms with Crippen LogP contribution in [-0.4, -0.2) is 61.2 Å². The minimum Gasteiger partial charge on any atom is -0.439 e. The van der Waals surface area contributed by atoms with Crippen molar-refractivity contribution in [2.24, 2.45) is 0 Å². The van der Waals surface area contributed by atoms with E-state index in [-0.39, 0.29) is 36.2 Å². The van der Waals surface area contributed by atoms with Gasteiger partial charge in [0, 0.05) is 68.5 Å². The summed E-state index contributed by atoms with van der Waals surface area (Å²) in [6.07, 6.45) is 3.42. The van der Waals surface area contributed by atoms with Crippen molar-refractivity contribution in [3.05, 3.63) is 114 Å². The van der Waals surface area contributed by atoms with Gasteiger partial charge in [-0.25, -0.2) is 14.2 Å². The molecule has 2 heterocycles. The first-order valence-corrected chi connectivity index (χ1v) is 14.6. The average Bonchev–Trinajstić information content (AvgIpc) is 3.05. The molecule has 0 bridgehead atoms. The summed E-state index contributed by atoms with van der Waals surface area (Å²) in [5.41, 5.74) is 2.98. The molecule has 1 aromatic heterocycles. The van der Waals surface area contributed by atoms with Crippen LogP contribution in [0.3, 0.4) is 0 Å². The number of rotatable bonds is 11. The summed E-state index contributed by atoms with van der Waals surface area (Å²) in [4.78, 5) is 34.2. The number of piperidine rings is 1. The molecule has 236 valence electrons. The number of nitrogens with one attached hydrogen (secondary N) is 2. The number of benzene rings is 3. The number of nitrogens with zero attached hydrogens (tertiary/aromatic N) is 3. The van der Waals surface area contributed by atoms with E-state index in [0.717, 1.165) is 43.7 Å². The molecule has 11 heteroatoms. The van der Waals surface area contributed by atoms with Crippen LogP contribution in [0.15, 0.2) is 97.2 Å². The fourth-order valence-corrected chi connectivity index (χ4v) is 5.12. The van der Waals surface area contributed by atoms with Crippen LogP contribution in [0.5, 0.6) is 11.6 Å². The molecule has 4 aromatic rings. The number of halogens is 2. The first kappa shape index (κ1) is 33.4. The molecule has 1 fully saturated rings. The number of hydrogen-bond donors (Lipinski definition) is 2. The van der Waals surface area contributed by atoms with Crippen molar-refractivity contribution in [2.45, 2.75) is 25.4 Å². The van der Waals surface area contributed by atoms with Crippen molar-refractivity contribution in [1.82, 2.24) is 15.2 Å². The summed E-state index contributed by atoms with van der Waals surface area (Å²) >= 11 is 0. The number of hydrogen-bond acceptors (Lipinski definition) is 6. The molecule has 1 saturated heterocycles. The number of methoxy groups -OCH3 is 1. The number of carbonyl (C=O) groups is 2. The van der Waals surface area contributed by atoms with Gasteiger partial charge in [0.1, 0.15) is 11.6 Å². The van der Waals surface area contributed by atoms with Crippen molar-refractivity contribution < 1.29 is 23.5 Å². The Morgan fingerprint density at radius 3 is 2.31 bits per heavy atom. The van der Waals surface area contributed by atoms with Gasteiger partial charge in [0.25, 0.3) is 5.91 Å². The highest BCUT2D eigenvalue weighted by Gasteiger charge is 2.29. The Morgan fingerprint density at radius 2 is 1.67 bits per heavy atom. The number of para-hydroxylation sites is 1. The zero-order valence-corrected chi connectivity index (χ0v) is 25.8. The number of urea groups is 1. The van der Waals surface area contributed by atoms with Gasteiger partial charge in [-0.15, -0.1) is 12.4 Å². The van der Waals surface area contributed by atoms with Crippen LogP contribution < -0.4 is 20.3 Å². The van der Waals surface area contributed by atoms with Gasteiger partial charge in [-0.05, 0) is 79.1 Å². The first-order chi connectivity index (χ1) is 21.5. The molecular weight excluding hydrogens is 597 g/mol. The summed E-state index contributed by atoms with van der Waals surface area (Å²) in [6, 6.07) is 25.9. The number of aromatic nitrogens is 1. The van der Waals surface area contributed by atoms with Crippen molar-refractivity contribution in [3.8, 4) is 11.6 Å². The number of amides is 3. The second-order valence-corrected chi connectivity index (χ2v) is 10.5. The van der Waals surface area contributed by atoms with Crippen molar-refractivity contribution in [2.75, 3.05) is 43.6 Å². The second-order valence-electron chi connectivity index (χ2n) is 10.5. The van der Waals surface area contributed by atoms with Crippen LogP contribution in [-0.2, 0) is 11.3 Å². The fraction of sp³-hybridized carbons (Fsp3) is 0.265. The van der Waals surface area contributed by atoms with Crippen molar-refractivity contribution in [3.63, 3.8) is 0 Å². The lowest BCUT2D eigenvalue weighted by Gasteiger charge is -2.38. The SMILES string of the molecule is COCCNC(=O)c1ccc(Oc2ccc(CN3CCC(N(C(=O)Nc4ccc(F)cc4)c4ccccc4)CC3)cn2)cc1.Cl. The highest BCUT2D eigenvalue weighted by atomic mass is 35.5. The molecule has 9 nitrogen and oxygen atoms in total. The largest absolute Gasteiger partial charge is 0.439 e. The lowest BCUT2D eigenvalue weighted by molar-refractivity contribution is 0.0937. The highest BCUT2D eigenvalue weighted by molar-refractivity contribution is 6.02. The van der Waals surface area contributed by atoms with Crippen LogP contribution in [0.25, 0.3) is 0 Å². The molecule has 3 aromatic carbocycles. The lowest BCUT2D eigenvalue weighted by atomic mass is 10.0. The number of pyridine rings is 1. The van der Waals surface area contributed by atoms with Crippen LogP contribution in [0.4, 0.5) is 20.6 Å². The van der Waals surface area contributed by atoms with Gasteiger partial charge in [-0.2, -0.15) is 0 Å². The van der Waals surface area contributed by atoms with Gasteiger partial charge >= 0.3 is 6.03 Å². The second kappa shape index (κ2) is 16.5. The Kier molecular flexibility index (Phi) is 12.3. The van der Waals surface area contributed by atoms with E-state index in [2.05, 4.69) is 20.5 Å². The topological polar surface area (TPSA) is 96.0 Å². The van der Waals surface area contributed by atoms with E-state index in [9.17, 15) is 14.0 Å². The van der Waals surface area contributed by atoms with Gasteiger partial charge in [0.15, 0.2) is 0 Å². The molecule has 2 N–H and O–H groups in total. The number of anilines is 2. The predicted molar refractivity (Wildman–Crippen MR) is 175 cm³/mol. The number of ether oxygens (including phenoxy) is 2. The van der Waals surface area contributed by atoms with E-state index >= 15 is 0 Å². The lowest BCUT2D eigenvalue weighted by Crippen LogP contribution is -2.49. The van der Waals surface area contributed by atoms with Crippen LogP contribution >= 0.6 is 12.4 Å². The third kappa shape index (κ3) is 9.49.